The molecule has 8 nitrogen and oxygen atoms in total. The predicted molar refractivity (Wildman–Crippen MR) is 100 cm³/mol. The summed E-state index contributed by atoms with van der Waals surface area (Å²) in [6.07, 6.45) is 1.66. The second-order valence-corrected chi connectivity index (χ2v) is 5.78. The Hall–Kier alpha value is -3.65. The van der Waals surface area contributed by atoms with Gasteiger partial charge in [-0.1, -0.05) is 18.2 Å². The van der Waals surface area contributed by atoms with Crippen LogP contribution in [0.5, 0.6) is 0 Å². The van der Waals surface area contributed by atoms with Gasteiger partial charge in [0, 0.05) is 24.0 Å². The van der Waals surface area contributed by atoms with Gasteiger partial charge < -0.3 is 21.8 Å². The van der Waals surface area contributed by atoms with Gasteiger partial charge in [-0.05, 0) is 35.9 Å². The van der Waals surface area contributed by atoms with Crippen molar-refractivity contribution in [3.63, 3.8) is 0 Å². The van der Waals surface area contributed by atoms with Crippen LogP contribution in [0.25, 0.3) is 0 Å². The van der Waals surface area contributed by atoms with E-state index in [1.807, 2.05) is 18.2 Å². The molecule has 1 aliphatic rings. The summed E-state index contributed by atoms with van der Waals surface area (Å²) in [4.78, 5) is 20.0. The minimum atomic E-state index is -0.482. The molecule has 4 rings (SSSR count). The fourth-order valence-corrected chi connectivity index (χ4v) is 2.73. The van der Waals surface area contributed by atoms with Crippen molar-refractivity contribution in [3.8, 4) is 0 Å². The standard InChI is InChI=1S/C18H17N7O/c19-17(26)11-3-1-5-13(9-11)22-18-20-8-7-15(24-18)23-14-6-2-4-12-10-21-25-16(12)14/h1-9,21,25H,10H2,(H2,19,26)(H2,20,22,23,24). The number of hydrogen-bond acceptors (Lipinski definition) is 7. The number of para-hydroxylation sites is 1. The first kappa shape index (κ1) is 15.9. The maximum absolute atomic E-state index is 11.3. The number of rotatable bonds is 5. The molecule has 8 heteroatoms. The van der Waals surface area contributed by atoms with Gasteiger partial charge in [0.2, 0.25) is 11.9 Å². The zero-order chi connectivity index (χ0) is 17.9. The van der Waals surface area contributed by atoms with Crippen LogP contribution < -0.4 is 27.2 Å². The van der Waals surface area contributed by atoms with E-state index in [4.69, 9.17) is 5.73 Å². The van der Waals surface area contributed by atoms with Crippen molar-refractivity contribution < 1.29 is 4.79 Å². The highest BCUT2D eigenvalue weighted by Crippen LogP contribution is 2.30. The highest BCUT2D eigenvalue weighted by atomic mass is 16.1. The molecule has 0 saturated carbocycles. The van der Waals surface area contributed by atoms with Crippen molar-refractivity contribution in [1.29, 1.82) is 0 Å². The summed E-state index contributed by atoms with van der Waals surface area (Å²) < 4.78 is 0. The minimum absolute atomic E-state index is 0.412. The maximum atomic E-state index is 11.3. The molecule has 0 spiro atoms. The van der Waals surface area contributed by atoms with Crippen LogP contribution in [0.3, 0.4) is 0 Å². The van der Waals surface area contributed by atoms with E-state index in [1.54, 1.807) is 30.5 Å². The number of nitrogens with two attached hydrogens (primary N) is 1. The molecule has 0 unspecified atom stereocenters. The smallest absolute Gasteiger partial charge is 0.248 e. The number of carbonyl (C=O) groups is 1. The molecule has 26 heavy (non-hydrogen) atoms. The molecule has 2 heterocycles. The third-order valence-corrected chi connectivity index (χ3v) is 3.96. The Balaban J connectivity index is 1.55. The van der Waals surface area contributed by atoms with Gasteiger partial charge in [0.25, 0.3) is 0 Å². The number of amides is 1. The van der Waals surface area contributed by atoms with E-state index < -0.39 is 5.91 Å². The van der Waals surface area contributed by atoms with Gasteiger partial charge in [0.15, 0.2) is 0 Å². The third kappa shape index (κ3) is 3.26. The summed E-state index contributed by atoms with van der Waals surface area (Å²) >= 11 is 0. The molecule has 0 bridgehead atoms. The number of carbonyl (C=O) groups excluding carboxylic acids is 1. The highest BCUT2D eigenvalue weighted by molar-refractivity contribution is 5.93. The van der Waals surface area contributed by atoms with Crippen LogP contribution in [0, 0.1) is 0 Å². The number of hydrogen-bond donors (Lipinski definition) is 5. The normalized spacial score (nSPS) is 12.2. The van der Waals surface area contributed by atoms with Crippen LogP contribution in [-0.4, -0.2) is 15.9 Å². The predicted octanol–water partition coefficient (Wildman–Crippen LogP) is 2.49. The molecule has 130 valence electrons. The molecule has 0 saturated heterocycles. The van der Waals surface area contributed by atoms with Crippen molar-refractivity contribution in [2.75, 3.05) is 16.1 Å². The number of hydrazine groups is 1. The number of anilines is 5. The number of primary amides is 1. The van der Waals surface area contributed by atoms with Gasteiger partial charge in [-0.15, -0.1) is 0 Å². The summed E-state index contributed by atoms with van der Waals surface area (Å²) in [7, 11) is 0. The Labute approximate surface area is 149 Å². The Morgan fingerprint density at radius 3 is 2.88 bits per heavy atom. The van der Waals surface area contributed by atoms with E-state index in [2.05, 4.69) is 37.5 Å². The molecule has 1 aromatic heterocycles. The lowest BCUT2D eigenvalue weighted by atomic mass is 10.1. The lowest BCUT2D eigenvalue weighted by molar-refractivity contribution is 0.100. The maximum Gasteiger partial charge on any atom is 0.248 e. The van der Waals surface area contributed by atoms with E-state index in [0.29, 0.717) is 23.0 Å². The lowest BCUT2D eigenvalue weighted by Crippen LogP contribution is -2.11. The second kappa shape index (κ2) is 6.69. The number of nitrogens with one attached hydrogen (secondary N) is 4. The van der Waals surface area contributed by atoms with E-state index in [9.17, 15) is 4.79 Å². The van der Waals surface area contributed by atoms with Gasteiger partial charge in [-0.25, -0.2) is 10.4 Å². The zero-order valence-corrected chi connectivity index (χ0v) is 13.8. The quantitative estimate of drug-likeness (QED) is 0.481. The van der Waals surface area contributed by atoms with E-state index in [1.165, 1.54) is 5.56 Å². The van der Waals surface area contributed by atoms with Gasteiger partial charge in [0.1, 0.15) is 5.82 Å². The van der Waals surface area contributed by atoms with E-state index in [0.717, 1.165) is 17.9 Å². The van der Waals surface area contributed by atoms with Crippen molar-refractivity contribution in [3.05, 3.63) is 65.9 Å². The second-order valence-electron chi connectivity index (χ2n) is 5.78. The van der Waals surface area contributed by atoms with Crippen molar-refractivity contribution in [2.45, 2.75) is 6.54 Å². The average molecular weight is 347 g/mol. The van der Waals surface area contributed by atoms with Gasteiger partial charge in [-0.3, -0.25) is 4.79 Å². The molecule has 3 aromatic rings. The molecular weight excluding hydrogens is 330 g/mol. The molecule has 1 amide bonds. The van der Waals surface area contributed by atoms with Crippen molar-refractivity contribution >= 4 is 34.7 Å². The van der Waals surface area contributed by atoms with Crippen molar-refractivity contribution in [1.82, 2.24) is 15.4 Å². The SMILES string of the molecule is NC(=O)c1cccc(Nc2nccc(Nc3cccc4c3NNC4)n2)c1. The van der Waals surface area contributed by atoms with Gasteiger partial charge in [0.05, 0.1) is 11.4 Å². The topological polar surface area (TPSA) is 117 Å². The van der Waals surface area contributed by atoms with Crippen LogP contribution in [0.1, 0.15) is 15.9 Å². The number of nitrogens with zero attached hydrogens (tertiary/aromatic N) is 2. The van der Waals surface area contributed by atoms with E-state index in [-0.39, 0.29) is 0 Å². The fraction of sp³-hybridized carbons (Fsp3) is 0.0556. The molecule has 2 aromatic carbocycles. The third-order valence-electron chi connectivity index (χ3n) is 3.96. The summed E-state index contributed by atoms with van der Waals surface area (Å²) in [5.74, 6) is 0.579. The first-order chi connectivity index (χ1) is 12.7. The molecule has 0 fully saturated rings. The Kier molecular flexibility index (Phi) is 4.08. The Bertz CT molecular complexity index is 973. The van der Waals surface area contributed by atoms with Crippen LogP contribution >= 0.6 is 0 Å². The molecular formula is C18H17N7O. The summed E-state index contributed by atoms with van der Waals surface area (Å²) in [5.41, 5.74) is 15.8. The van der Waals surface area contributed by atoms with E-state index >= 15 is 0 Å². The number of benzene rings is 2. The van der Waals surface area contributed by atoms with Crippen LogP contribution in [-0.2, 0) is 6.54 Å². The average Bonchev–Trinajstić information content (AvgIpc) is 3.12. The summed E-state index contributed by atoms with van der Waals surface area (Å²) in [6, 6.07) is 14.7. The van der Waals surface area contributed by atoms with Gasteiger partial charge >= 0.3 is 0 Å². The Morgan fingerprint density at radius 2 is 2.00 bits per heavy atom. The Morgan fingerprint density at radius 1 is 1.12 bits per heavy atom. The molecule has 0 radical (unpaired) electrons. The number of aromatic nitrogens is 2. The monoisotopic (exact) mass is 347 g/mol. The van der Waals surface area contributed by atoms with Crippen molar-refractivity contribution in [2.24, 2.45) is 5.73 Å². The zero-order valence-electron chi connectivity index (χ0n) is 13.8. The molecule has 1 aliphatic heterocycles. The lowest BCUT2D eigenvalue weighted by Gasteiger charge is -2.11. The highest BCUT2D eigenvalue weighted by Gasteiger charge is 2.13. The fourth-order valence-electron chi connectivity index (χ4n) is 2.73. The molecule has 0 aliphatic carbocycles. The molecule has 6 N–H and O–H groups in total. The first-order valence-electron chi connectivity index (χ1n) is 8.07. The minimum Gasteiger partial charge on any atom is -0.366 e. The van der Waals surface area contributed by atoms with Crippen LogP contribution in [0.15, 0.2) is 54.7 Å². The first-order valence-corrected chi connectivity index (χ1v) is 8.07. The largest absolute Gasteiger partial charge is 0.366 e. The van der Waals surface area contributed by atoms with Crippen LogP contribution in [0.2, 0.25) is 0 Å². The number of fused-ring (bicyclic) bond motifs is 1. The van der Waals surface area contributed by atoms with Crippen LogP contribution in [0.4, 0.5) is 28.8 Å². The molecule has 0 atom stereocenters. The summed E-state index contributed by atoms with van der Waals surface area (Å²) in [5, 5.41) is 6.37. The summed E-state index contributed by atoms with van der Waals surface area (Å²) in [6.45, 7) is 0.775. The van der Waals surface area contributed by atoms with Gasteiger partial charge in [-0.2, -0.15) is 4.98 Å².